The summed E-state index contributed by atoms with van der Waals surface area (Å²) < 4.78 is 18.7. The molecule has 0 aliphatic rings. The molecule has 2 N–H and O–H groups in total. The second-order valence-electron chi connectivity index (χ2n) is 3.38. The van der Waals surface area contributed by atoms with Crippen LogP contribution >= 0.6 is 11.6 Å². The van der Waals surface area contributed by atoms with Crippen molar-refractivity contribution in [2.24, 2.45) is 0 Å². The average Bonchev–Trinajstić information content (AvgIpc) is 2.35. The van der Waals surface area contributed by atoms with Crippen LogP contribution in [0.4, 0.5) is 10.1 Å². The Morgan fingerprint density at radius 3 is 2.83 bits per heavy atom. The van der Waals surface area contributed by atoms with E-state index in [0.29, 0.717) is 0 Å². The zero-order valence-electron chi connectivity index (χ0n) is 9.02. The van der Waals surface area contributed by atoms with Crippen molar-refractivity contribution in [1.82, 2.24) is 4.98 Å². The molecule has 0 spiro atoms. The van der Waals surface area contributed by atoms with Gasteiger partial charge in [-0.05, 0) is 18.2 Å². The number of nitrogen functional groups attached to an aromatic ring is 1. The lowest BCUT2D eigenvalue weighted by atomic mass is 10.3. The van der Waals surface area contributed by atoms with E-state index in [-0.39, 0.29) is 27.9 Å². The molecule has 18 heavy (non-hydrogen) atoms. The Kier molecular flexibility index (Phi) is 3.31. The lowest BCUT2D eigenvalue weighted by molar-refractivity contribution is 0.428. The topological polar surface area (TPSA) is 71.9 Å². The van der Waals surface area contributed by atoms with Crippen LogP contribution in [0.25, 0.3) is 0 Å². The zero-order valence-corrected chi connectivity index (χ0v) is 9.78. The van der Waals surface area contributed by atoms with Gasteiger partial charge >= 0.3 is 0 Å². The maximum atomic E-state index is 13.5. The minimum atomic E-state index is -0.629. The Morgan fingerprint density at radius 2 is 2.17 bits per heavy atom. The van der Waals surface area contributed by atoms with E-state index in [0.717, 1.165) is 6.07 Å². The maximum Gasteiger partial charge on any atom is 0.239 e. The molecule has 0 radical (unpaired) electrons. The molecule has 2 aromatic rings. The van der Waals surface area contributed by atoms with Crippen LogP contribution in [-0.4, -0.2) is 4.98 Å². The van der Waals surface area contributed by atoms with E-state index in [9.17, 15) is 4.39 Å². The quantitative estimate of drug-likeness (QED) is 0.845. The number of halogens is 2. The molecule has 0 fully saturated rings. The van der Waals surface area contributed by atoms with Gasteiger partial charge in [-0.25, -0.2) is 9.37 Å². The van der Waals surface area contributed by atoms with Crippen molar-refractivity contribution in [3.63, 3.8) is 0 Å². The van der Waals surface area contributed by atoms with Crippen LogP contribution in [0, 0.1) is 17.1 Å². The third-order valence-electron chi connectivity index (χ3n) is 2.14. The first-order chi connectivity index (χ1) is 8.61. The van der Waals surface area contributed by atoms with Gasteiger partial charge in [0.05, 0.1) is 5.56 Å². The Hall–Kier alpha value is -2.32. The van der Waals surface area contributed by atoms with Gasteiger partial charge in [-0.15, -0.1) is 0 Å². The van der Waals surface area contributed by atoms with Crippen LogP contribution in [0.1, 0.15) is 5.56 Å². The molecular formula is C12H7ClFN3O. The summed E-state index contributed by atoms with van der Waals surface area (Å²) in [5.74, 6) is -0.719. The summed E-state index contributed by atoms with van der Waals surface area (Å²) in [4.78, 5) is 3.84. The van der Waals surface area contributed by atoms with Crippen LogP contribution < -0.4 is 10.5 Å². The fourth-order valence-corrected chi connectivity index (χ4v) is 1.48. The SMILES string of the molecule is N#Cc1ccnc(Oc2ccc(N)cc2F)c1Cl. The Labute approximate surface area is 107 Å². The normalized spacial score (nSPS) is 9.83. The van der Waals surface area contributed by atoms with Crippen LogP contribution in [0.3, 0.4) is 0 Å². The molecule has 1 heterocycles. The fourth-order valence-electron chi connectivity index (χ4n) is 1.29. The van der Waals surface area contributed by atoms with E-state index in [1.165, 1.54) is 24.4 Å². The van der Waals surface area contributed by atoms with E-state index < -0.39 is 5.82 Å². The van der Waals surface area contributed by atoms with E-state index >= 15 is 0 Å². The molecule has 0 bridgehead atoms. The number of hydrogen-bond donors (Lipinski definition) is 1. The van der Waals surface area contributed by atoms with Crippen LogP contribution in [-0.2, 0) is 0 Å². The molecular weight excluding hydrogens is 257 g/mol. The van der Waals surface area contributed by atoms with E-state index in [2.05, 4.69) is 4.98 Å². The van der Waals surface area contributed by atoms with Gasteiger partial charge in [-0.2, -0.15) is 5.26 Å². The first-order valence-corrected chi connectivity index (χ1v) is 5.27. The van der Waals surface area contributed by atoms with Gasteiger partial charge in [0.2, 0.25) is 5.88 Å². The van der Waals surface area contributed by atoms with Gasteiger partial charge in [0.1, 0.15) is 11.1 Å². The number of nitrogens with two attached hydrogens (primary N) is 1. The van der Waals surface area contributed by atoms with Gasteiger partial charge in [0.25, 0.3) is 0 Å². The summed E-state index contributed by atoms with van der Waals surface area (Å²) >= 11 is 5.89. The predicted molar refractivity (Wildman–Crippen MR) is 64.8 cm³/mol. The molecule has 90 valence electrons. The standard InChI is InChI=1S/C12H7ClFN3O/c13-11-7(6-15)3-4-17-12(11)18-10-2-1-8(16)5-9(10)14/h1-5H,16H2. The first-order valence-electron chi connectivity index (χ1n) is 4.89. The number of anilines is 1. The third kappa shape index (κ3) is 2.34. The summed E-state index contributed by atoms with van der Waals surface area (Å²) in [7, 11) is 0. The number of nitrogens with zero attached hydrogens (tertiary/aromatic N) is 2. The Bertz CT molecular complexity index is 640. The Balaban J connectivity index is 2.38. The van der Waals surface area contributed by atoms with Gasteiger partial charge < -0.3 is 10.5 Å². The fraction of sp³-hybridized carbons (Fsp3) is 0. The van der Waals surface area contributed by atoms with Crippen molar-refractivity contribution in [2.75, 3.05) is 5.73 Å². The summed E-state index contributed by atoms with van der Waals surface area (Å²) in [6, 6.07) is 7.29. The second kappa shape index (κ2) is 4.90. The van der Waals surface area contributed by atoms with Crippen molar-refractivity contribution in [2.45, 2.75) is 0 Å². The highest BCUT2D eigenvalue weighted by atomic mass is 35.5. The molecule has 2 rings (SSSR count). The van der Waals surface area contributed by atoms with Gasteiger partial charge in [-0.1, -0.05) is 11.6 Å². The molecule has 0 atom stereocenters. The number of hydrogen-bond acceptors (Lipinski definition) is 4. The van der Waals surface area contributed by atoms with Crippen LogP contribution in [0.5, 0.6) is 11.6 Å². The molecule has 0 saturated heterocycles. The monoisotopic (exact) mass is 263 g/mol. The smallest absolute Gasteiger partial charge is 0.239 e. The molecule has 0 amide bonds. The first kappa shape index (κ1) is 12.1. The van der Waals surface area contributed by atoms with E-state index in [1.807, 2.05) is 6.07 Å². The molecule has 0 unspecified atom stereocenters. The zero-order chi connectivity index (χ0) is 13.1. The largest absolute Gasteiger partial charge is 0.434 e. The number of ether oxygens (including phenoxy) is 1. The predicted octanol–water partition coefficient (Wildman–Crippen LogP) is 3.12. The summed E-state index contributed by atoms with van der Waals surface area (Å²) in [5.41, 5.74) is 5.90. The summed E-state index contributed by atoms with van der Waals surface area (Å²) in [5, 5.41) is 8.83. The molecule has 1 aromatic carbocycles. The van der Waals surface area contributed by atoms with Crippen molar-refractivity contribution in [3.8, 4) is 17.7 Å². The molecule has 0 aliphatic carbocycles. The summed E-state index contributed by atoms with van der Waals surface area (Å²) in [6.07, 6.45) is 1.36. The van der Waals surface area contributed by atoms with E-state index in [1.54, 1.807) is 0 Å². The maximum absolute atomic E-state index is 13.5. The molecule has 1 aromatic heterocycles. The number of aromatic nitrogens is 1. The highest BCUT2D eigenvalue weighted by molar-refractivity contribution is 6.33. The molecule has 0 aliphatic heterocycles. The van der Waals surface area contributed by atoms with Crippen molar-refractivity contribution in [3.05, 3.63) is 46.9 Å². The minimum Gasteiger partial charge on any atom is -0.434 e. The second-order valence-corrected chi connectivity index (χ2v) is 3.76. The molecule has 0 saturated carbocycles. The van der Waals surface area contributed by atoms with Crippen molar-refractivity contribution in [1.29, 1.82) is 5.26 Å². The average molecular weight is 264 g/mol. The van der Waals surface area contributed by atoms with Gasteiger partial charge in [0, 0.05) is 18.0 Å². The lowest BCUT2D eigenvalue weighted by Crippen LogP contribution is -1.94. The minimum absolute atomic E-state index is 0.0283. The number of benzene rings is 1. The highest BCUT2D eigenvalue weighted by Crippen LogP contribution is 2.31. The number of rotatable bonds is 2. The summed E-state index contributed by atoms with van der Waals surface area (Å²) in [6.45, 7) is 0. The third-order valence-corrected chi connectivity index (χ3v) is 2.51. The lowest BCUT2D eigenvalue weighted by Gasteiger charge is -2.08. The molecule has 4 nitrogen and oxygen atoms in total. The van der Waals surface area contributed by atoms with Gasteiger partial charge in [-0.3, -0.25) is 0 Å². The van der Waals surface area contributed by atoms with Gasteiger partial charge in [0.15, 0.2) is 11.6 Å². The Morgan fingerprint density at radius 1 is 1.39 bits per heavy atom. The van der Waals surface area contributed by atoms with Crippen molar-refractivity contribution < 1.29 is 9.13 Å². The van der Waals surface area contributed by atoms with Crippen molar-refractivity contribution >= 4 is 17.3 Å². The van der Waals surface area contributed by atoms with E-state index in [4.69, 9.17) is 27.3 Å². The van der Waals surface area contributed by atoms with Crippen LogP contribution in [0.15, 0.2) is 30.5 Å². The highest BCUT2D eigenvalue weighted by Gasteiger charge is 2.12. The molecule has 6 heteroatoms. The van der Waals surface area contributed by atoms with Crippen LogP contribution in [0.2, 0.25) is 5.02 Å². The number of pyridine rings is 1. The number of nitriles is 1.